The SMILES string of the molecule is CC(C)NCc1nnc(C2CCCCC2C(F)(F)F)s1. The number of aromatic nitrogens is 2. The highest BCUT2D eigenvalue weighted by atomic mass is 32.1. The Labute approximate surface area is 121 Å². The van der Waals surface area contributed by atoms with E-state index in [4.69, 9.17) is 0 Å². The van der Waals surface area contributed by atoms with Crippen LogP contribution in [0.4, 0.5) is 13.2 Å². The van der Waals surface area contributed by atoms with Crippen molar-refractivity contribution in [1.82, 2.24) is 15.5 Å². The number of nitrogens with one attached hydrogen (secondary N) is 1. The fraction of sp³-hybridized carbons (Fsp3) is 0.846. The highest BCUT2D eigenvalue weighted by Gasteiger charge is 2.47. The predicted octanol–water partition coefficient (Wildman–Crippen LogP) is 3.87. The van der Waals surface area contributed by atoms with E-state index >= 15 is 0 Å². The number of hydrogen-bond donors (Lipinski definition) is 1. The van der Waals surface area contributed by atoms with Crippen molar-refractivity contribution in [3.05, 3.63) is 10.0 Å². The molecule has 0 saturated heterocycles. The lowest BCUT2D eigenvalue weighted by Gasteiger charge is -2.31. The average molecular weight is 307 g/mol. The predicted molar refractivity (Wildman–Crippen MR) is 72.6 cm³/mol. The molecule has 0 radical (unpaired) electrons. The minimum atomic E-state index is -4.13. The summed E-state index contributed by atoms with van der Waals surface area (Å²) in [6.07, 6.45) is -1.85. The number of hydrogen-bond acceptors (Lipinski definition) is 4. The molecule has 1 aliphatic carbocycles. The molecule has 0 aromatic carbocycles. The summed E-state index contributed by atoms with van der Waals surface area (Å²) in [5, 5.41) is 12.5. The zero-order chi connectivity index (χ0) is 14.8. The van der Waals surface area contributed by atoms with Crippen LogP contribution >= 0.6 is 11.3 Å². The van der Waals surface area contributed by atoms with E-state index in [0.29, 0.717) is 30.4 Å². The van der Waals surface area contributed by atoms with E-state index in [1.54, 1.807) is 0 Å². The zero-order valence-corrected chi connectivity index (χ0v) is 12.5. The quantitative estimate of drug-likeness (QED) is 0.917. The van der Waals surface area contributed by atoms with Crippen LogP contribution in [0.2, 0.25) is 0 Å². The summed E-state index contributed by atoms with van der Waals surface area (Å²) in [5.74, 6) is -1.76. The third-order valence-electron chi connectivity index (χ3n) is 3.65. The molecule has 1 heterocycles. The van der Waals surface area contributed by atoms with Gasteiger partial charge in [0, 0.05) is 18.5 Å². The fourth-order valence-corrected chi connectivity index (χ4v) is 3.59. The summed E-state index contributed by atoms with van der Waals surface area (Å²) < 4.78 is 39.2. The summed E-state index contributed by atoms with van der Waals surface area (Å²) in [7, 11) is 0. The van der Waals surface area contributed by atoms with E-state index < -0.39 is 18.0 Å². The molecule has 1 aliphatic rings. The van der Waals surface area contributed by atoms with Gasteiger partial charge in [-0.05, 0) is 12.8 Å². The van der Waals surface area contributed by atoms with Crippen molar-refractivity contribution in [3.8, 4) is 0 Å². The van der Waals surface area contributed by atoms with Crippen LogP contribution in [0, 0.1) is 5.92 Å². The second-order valence-corrected chi connectivity index (χ2v) is 6.70. The molecule has 1 aromatic heterocycles. The van der Waals surface area contributed by atoms with Gasteiger partial charge in [-0.3, -0.25) is 0 Å². The van der Waals surface area contributed by atoms with Crippen LogP contribution in [0.3, 0.4) is 0 Å². The van der Waals surface area contributed by atoms with Crippen molar-refractivity contribution in [3.63, 3.8) is 0 Å². The largest absolute Gasteiger partial charge is 0.392 e. The molecule has 0 bridgehead atoms. The Hall–Kier alpha value is -0.690. The van der Waals surface area contributed by atoms with Crippen molar-refractivity contribution >= 4 is 11.3 Å². The molecule has 2 unspecified atom stereocenters. The Bertz CT molecular complexity index is 431. The van der Waals surface area contributed by atoms with Gasteiger partial charge in [-0.15, -0.1) is 10.2 Å². The van der Waals surface area contributed by atoms with E-state index in [0.717, 1.165) is 11.4 Å². The Morgan fingerprint density at radius 3 is 2.60 bits per heavy atom. The Balaban J connectivity index is 2.08. The van der Waals surface area contributed by atoms with E-state index in [1.165, 1.54) is 11.3 Å². The van der Waals surface area contributed by atoms with Gasteiger partial charge >= 0.3 is 6.18 Å². The summed E-state index contributed by atoms with van der Waals surface area (Å²) >= 11 is 1.32. The van der Waals surface area contributed by atoms with E-state index in [2.05, 4.69) is 15.5 Å². The monoisotopic (exact) mass is 307 g/mol. The van der Waals surface area contributed by atoms with Crippen LogP contribution in [-0.2, 0) is 6.54 Å². The van der Waals surface area contributed by atoms with Crippen LogP contribution in [0.1, 0.15) is 55.5 Å². The normalized spacial score (nSPS) is 24.3. The molecular formula is C13H20F3N3S. The van der Waals surface area contributed by atoms with Crippen LogP contribution in [0.15, 0.2) is 0 Å². The van der Waals surface area contributed by atoms with Gasteiger partial charge < -0.3 is 5.32 Å². The molecule has 0 aliphatic heterocycles. The van der Waals surface area contributed by atoms with Gasteiger partial charge in [-0.1, -0.05) is 38.0 Å². The lowest BCUT2D eigenvalue weighted by molar-refractivity contribution is -0.187. The molecule has 0 amide bonds. The molecule has 1 N–H and O–H groups in total. The van der Waals surface area contributed by atoms with Gasteiger partial charge in [-0.25, -0.2) is 0 Å². The van der Waals surface area contributed by atoms with Crippen molar-refractivity contribution in [2.75, 3.05) is 0 Å². The second kappa shape index (κ2) is 6.39. The standard InChI is InChI=1S/C13H20F3N3S/c1-8(2)17-7-11-18-19-12(20-11)9-5-3-4-6-10(9)13(14,15)16/h8-10,17H,3-7H2,1-2H3. The summed E-state index contributed by atoms with van der Waals surface area (Å²) in [6, 6.07) is 0.319. The molecule has 7 heteroatoms. The maximum absolute atomic E-state index is 13.1. The third kappa shape index (κ3) is 3.91. The summed E-state index contributed by atoms with van der Waals surface area (Å²) in [6.45, 7) is 4.60. The molecule has 114 valence electrons. The summed E-state index contributed by atoms with van der Waals surface area (Å²) in [5.41, 5.74) is 0. The smallest absolute Gasteiger partial charge is 0.308 e. The highest BCUT2D eigenvalue weighted by Crippen LogP contribution is 2.46. The van der Waals surface area contributed by atoms with E-state index in [9.17, 15) is 13.2 Å². The van der Waals surface area contributed by atoms with Crippen molar-refractivity contribution in [2.45, 2.75) is 64.2 Å². The van der Waals surface area contributed by atoms with Crippen LogP contribution in [-0.4, -0.2) is 22.4 Å². The van der Waals surface area contributed by atoms with Gasteiger partial charge in [0.1, 0.15) is 10.0 Å². The molecule has 1 aromatic rings. The first kappa shape index (κ1) is 15.7. The van der Waals surface area contributed by atoms with E-state index in [-0.39, 0.29) is 6.42 Å². The maximum Gasteiger partial charge on any atom is 0.392 e. The molecular weight excluding hydrogens is 287 g/mol. The average Bonchev–Trinajstić information content (AvgIpc) is 2.84. The van der Waals surface area contributed by atoms with Gasteiger partial charge in [0.05, 0.1) is 5.92 Å². The molecule has 0 spiro atoms. The van der Waals surface area contributed by atoms with Gasteiger partial charge in [0.25, 0.3) is 0 Å². The lowest BCUT2D eigenvalue weighted by Crippen LogP contribution is -2.31. The first-order chi connectivity index (χ1) is 9.38. The minimum Gasteiger partial charge on any atom is -0.308 e. The molecule has 20 heavy (non-hydrogen) atoms. The Morgan fingerprint density at radius 1 is 1.25 bits per heavy atom. The molecule has 3 nitrogen and oxygen atoms in total. The molecule has 2 rings (SSSR count). The van der Waals surface area contributed by atoms with E-state index in [1.807, 2.05) is 13.8 Å². The first-order valence-corrected chi connectivity index (χ1v) is 7.82. The van der Waals surface area contributed by atoms with Gasteiger partial charge in [-0.2, -0.15) is 13.2 Å². The van der Waals surface area contributed by atoms with Crippen molar-refractivity contribution < 1.29 is 13.2 Å². The number of alkyl halides is 3. The molecule has 1 saturated carbocycles. The van der Waals surface area contributed by atoms with Crippen molar-refractivity contribution in [2.24, 2.45) is 5.92 Å². The highest BCUT2D eigenvalue weighted by molar-refractivity contribution is 7.11. The Kier molecular flexibility index (Phi) is 5.01. The molecule has 2 atom stereocenters. The van der Waals surface area contributed by atoms with Crippen LogP contribution in [0.25, 0.3) is 0 Å². The van der Waals surface area contributed by atoms with Gasteiger partial charge in [0.15, 0.2) is 0 Å². The summed E-state index contributed by atoms with van der Waals surface area (Å²) in [4.78, 5) is 0. The number of halogens is 3. The first-order valence-electron chi connectivity index (χ1n) is 7.00. The third-order valence-corrected chi connectivity index (χ3v) is 4.70. The van der Waals surface area contributed by atoms with Crippen LogP contribution < -0.4 is 5.32 Å². The molecule has 1 fully saturated rings. The maximum atomic E-state index is 13.1. The number of rotatable bonds is 4. The minimum absolute atomic E-state index is 0.216. The topological polar surface area (TPSA) is 37.8 Å². The lowest BCUT2D eigenvalue weighted by atomic mass is 9.79. The number of nitrogens with zero attached hydrogens (tertiary/aromatic N) is 2. The fourth-order valence-electron chi connectivity index (χ4n) is 2.60. The van der Waals surface area contributed by atoms with Gasteiger partial charge in [0.2, 0.25) is 0 Å². The van der Waals surface area contributed by atoms with Crippen molar-refractivity contribution in [1.29, 1.82) is 0 Å². The second-order valence-electron chi connectivity index (χ2n) is 5.61. The zero-order valence-electron chi connectivity index (χ0n) is 11.7. The van der Waals surface area contributed by atoms with Crippen LogP contribution in [0.5, 0.6) is 0 Å². The Morgan fingerprint density at radius 2 is 1.95 bits per heavy atom.